The summed E-state index contributed by atoms with van der Waals surface area (Å²) in [5.74, 6) is 0. The van der Waals surface area contributed by atoms with E-state index >= 15 is 0 Å². The van der Waals surface area contributed by atoms with Gasteiger partial charge in [0.15, 0.2) is 0 Å². The Balaban J connectivity index is 1.59. The Bertz CT molecular complexity index is 408. The van der Waals surface area contributed by atoms with Gasteiger partial charge in [-0.25, -0.2) is 0 Å². The van der Waals surface area contributed by atoms with Crippen LogP contribution in [0.1, 0.15) is 50.5 Å². The normalized spacial score (nSPS) is 22.1. The van der Waals surface area contributed by atoms with Crippen LogP contribution in [0.3, 0.4) is 0 Å². The zero-order valence-electron chi connectivity index (χ0n) is 12.8. The molecule has 0 aromatic heterocycles. The maximum Gasteiger partial charge on any atom is 0.0366 e. The highest BCUT2D eigenvalue weighted by Gasteiger charge is 2.35. The fourth-order valence-corrected chi connectivity index (χ4v) is 4.07. The number of benzene rings is 1. The van der Waals surface area contributed by atoms with Gasteiger partial charge in [0.05, 0.1) is 0 Å². The second-order valence-corrected chi connectivity index (χ2v) is 6.74. The first-order chi connectivity index (χ1) is 9.81. The lowest BCUT2D eigenvalue weighted by molar-refractivity contribution is 0.144. The van der Waals surface area contributed by atoms with Crippen molar-refractivity contribution in [3.8, 4) is 0 Å². The molecular formula is C18H28N2. The number of hydrogen-bond acceptors (Lipinski definition) is 2. The predicted octanol–water partition coefficient (Wildman–Crippen LogP) is 3.96. The Morgan fingerprint density at radius 3 is 2.20 bits per heavy atom. The quantitative estimate of drug-likeness (QED) is 0.896. The number of anilines is 1. The summed E-state index contributed by atoms with van der Waals surface area (Å²) < 4.78 is 0. The van der Waals surface area contributed by atoms with Crippen LogP contribution in [0.2, 0.25) is 0 Å². The minimum absolute atomic E-state index is 0.709. The van der Waals surface area contributed by atoms with Gasteiger partial charge in [-0.3, -0.25) is 0 Å². The molecule has 2 fully saturated rings. The first-order valence-electron chi connectivity index (χ1n) is 8.30. The summed E-state index contributed by atoms with van der Waals surface area (Å²) in [6.45, 7) is 3.47. The second kappa shape index (κ2) is 6.17. The Morgan fingerprint density at radius 2 is 1.60 bits per heavy atom. The van der Waals surface area contributed by atoms with Crippen molar-refractivity contribution in [1.29, 1.82) is 0 Å². The van der Waals surface area contributed by atoms with E-state index in [0.29, 0.717) is 5.41 Å². The minimum Gasteiger partial charge on any atom is -0.371 e. The van der Waals surface area contributed by atoms with Crippen LogP contribution >= 0.6 is 0 Å². The molecule has 1 saturated heterocycles. The van der Waals surface area contributed by atoms with E-state index in [4.69, 9.17) is 0 Å². The van der Waals surface area contributed by atoms with Gasteiger partial charge in [0, 0.05) is 25.3 Å². The van der Waals surface area contributed by atoms with E-state index in [9.17, 15) is 0 Å². The maximum absolute atomic E-state index is 3.21. The van der Waals surface area contributed by atoms with Gasteiger partial charge >= 0.3 is 0 Å². The summed E-state index contributed by atoms with van der Waals surface area (Å²) in [6, 6.07) is 9.12. The van der Waals surface area contributed by atoms with Crippen molar-refractivity contribution >= 4 is 5.69 Å². The molecule has 110 valence electrons. The van der Waals surface area contributed by atoms with E-state index in [0.717, 1.165) is 6.54 Å². The Labute approximate surface area is 123 Å². The van der Waals surface area contributed by atoms with Crippen molar-refractivity contribution in [3.63, 3.8) is 0 Å². The van der Waals surface area contributed by atoms with E-state index in [-0.39, 0.29) is 0 Å². The highest BCUT2D eigenvalue weighted by molar-refractivity contribution is 5.48. The first kappa shape index (κ1) is 13.9. The average Bonchev–Trinajstić information content (AvgIpc) is 2.50. The molecule has 1 spiro atoms. The fourth-order valence-electron chi connectivity index (χ4n) is 4.07. The summed E-state index contributed by atoms with van der Waals surface area (Å²) in [7, 11) is 2.00. The van der Waals surface area contributed by atoms with Crippen LogP contribution < -0.4 is 10.2 Å². The largest absolute Gasteiger partial charge is 0.371 e. The number of piperidine rings is 1. The highest BCUT2D eigenvalue weighted by Crippen LogP contribution is 2.45. The van der Waals surface area contributed by atoms with Crippen molar-refractivity contribution in [2.24, 2.45) is 5.41 Å². The summed E-state index contributed by atoms with van der Waals surface area (Å²) in [4.78, 5) is 2.59. The molecule has 2 heteroatoms. The first-order valence-corrected chi connectivity index (χ1v) is 8.30. The third kappa shape index (κ3) is 3.01. The summed E-state index contributed by atoms with van der Waals surface area (Å²) in [6.07, 6.45) is 10.2. The van der Waals surface area contributed by atoms with Gasteiger partial charge in [0.25, 0.3) is 0 Å². The van der Waals surface area contributed by atoms with E-state index in [1.807, 2.05) is 7.05 Å². The van der Waals surface area contributed by atoms with Gasteiger partial charge in [0.1, 0.15) is 0 Å². The molecule has 2 nitrogen and oxygen atoms in total. The van der Waals surface area contributed by atoms with Crippen LogP contribution in [0, 0.1) is 5.41 Å². The molecule has 0 bridgehead atoms. The van der Waals surface area contributed by atoms with Crippen molar-refractivity contribution < 1.29 is 0 Å². The summed E-state index contributed by atoms with van der Waals surface area (Å²) >= 11 is 0. The molecule has 0 amide bonds. The van der Waals surface area contributed by atoms with Gasteiger partial charge in [-0.1, -0.05) is 31.4 Å². The van der Waals surface area contributed by atoms with Gasteiger partial charge in [-0.05, 0) is 55.8 Å². The third-order valence-electron chi connectivity index (χ3n) is 5.42. The molecule has 1 aliphatic carbocycles. The molecule has 20 heavy (non-hydrogen) atoms. The molecular weight excluding hydrogens is 244 g/mol. The van der Waals surface area contributed by atoms with E-state index in [2.05, 4.69) is 34.5 Å². The lowest BCUT2D eigenvalue weighted by atomic mass is 9.68. The Morgan fingerprint density at radius 1 is 0.950 bits per heavy atom. The second-order valence-electron chi connectivity index (χ2n) is 6.74. The van der Waals surface area contributed by atoms with Gasteiger partial charge in [-0.2, -0.15) is 0 Å². The van der Waals surface area contributed by atoms with Crippen LogP contribution in [-0.2, 0) is 6.54 Å². The zero-order valence-corrected chi connectivity index (χ0v) is 12.8. The summed E-state index contributed by atoms with van der Waals surface area (Å²) in [5, 5.41) is 3.21. The molecule has 1 aliphatic heterocycles. The van der Waals surface area contributed by atoms with Crippen LogP contribution in [0.5, 0.6) is 0 Å². The van der Waals surface area contributed by atoms with E-state index in [1.54, 1.807) is 0 Å². The van der Waals surface area contributed by atoms with Crippen LogP contribution in [-0.4, -0.2) is 20.1 Å². The fraction of sp³-hybridized carbons (Fsp3) is 0.667. The monoisotopic (exact) mass is 272 g/mol. The Hall–Kier alpha value is -1.02. The predicted molar refractivity (Wildman–Crippen MR) is 86.2 cm³/mol. The lowest BCUT2D eigenvalue weighted by Crippen LogP contribution is -2.41. The molecule has 1 saturated carbocycles. The molecule has 2 aliphatic rings. The van der Waals surface area contributed by atoms with Gasteiger partial charge < -0.3 is 10.2 Å². The topological polar surface area (TPSA) is 15.3 Å². The zero-order chi connectivity index (χ0) is 13.8. The molecule has 1 N–H and O–H groups in total. The van der Waals surface area contributed by atoms with E-state index in [1.165, 1.54) is 69.3 Å². The van der Waals surface area contributed by atoms with Crippen molar-refractivity contribution in [2.45, 2.75) is 51.5 Å². The highest BCUT2D eigenvalue weighted by atomic mass is 15.1. The third-order valence-corrected chi connectivity index (χ3v) is 5.42. The number of rotatable bonds is 3. The minimum atomic E-state index is 0.709. The molecule has 0 radical (unpaired) electrons. The average molecular weight is 272 g/mol. The molecule has 1 aromatic carbocycles. The maximum atomic E-state index is 3.21. The molecule has 0 atom stereocenters. The van der Waals surface area contributed by atoms with Crippen LogP contribution in [0.25, 0.3) is 0 Å². The number of hydrogen-bond donors (Lipinski definition) is 1. The SMILES string of the molecule is CNCc1ccc(N2CCC3(CCCCC3)CC2)cc1. The Kier molecular flexibility index (Phi) is 4.30. The van der Waals surface area contributed by atoms with E-state index < -0.39 is 0 Å². The number of nitrogens with one attached hydrogen (secondary N) is 1. The van der Waals surface area contributed by atoms with Crippen LogP contribution in [0.15, 0.2) is 24.3 Å². The van der Waals surface area contributed by atoms with Crippen molar-refractivity contribution in [1.82, 2.24) is 5.32 Å². The van der Waals surface area contributed by atoms with Crippen molar-refractivity contribution in [3.05, 3.63) is 29.8 Å². The standard InChI is InChI=1S/C18H28N2/c1-19-15-16-5-7-17(8-6-16)20-13-11-18(12-14-20)9-3-2-4-10-18/h5-8,19H,2-4,9-15H2,1H3. The summed E-state index contributed by atoms with van der Waals surface area (Å²) in [5.41, 5.74) is 3.49. The molecule has 1 aromatic rings. The smallest absolute Gasteiger partial charge is 0.0366 e. The van der Waals surface area contributed by atoms with Crippen molar-refractivity contribution in [2.75, 3.05) is 25.0 Å². The van der Waals surface area contributed by atoms with Crippen LogP contribution in [0.4, 0.5) is 5.69 Å². The lowest BCUT2D eigenvalue weighted by Gasteiger charge is -2.45. The van der Waals surface area contributed by atoms with Gasteiger partial charge in [-0.15, -0.1) is 0 Å². The molecule has 1 heterocycles. The molecule has 0 unspecified atom stereocenters. The van der Waals surface area contributed by atoms with Gasteiger partial charge in [0.2, 0.25) is 0 Å². The number of nitrogens with zero attached hydrogens (tertiary/aromatic N) is 1. The molecule has 3 rings (SSSR count).